The van der Waals surface area contributed by atoms with Crippen molar-refractivity contribution in [2.45, 2.75) is 59.5 Å². The van der Waals surface area contributed by atoms with Crippen LogP contribution >= 0.6 is 7.60 Å². The lowest BCUT2D eigenvalue weighted by atomic mass is 9.81. The average molecular weight is 250 g/mol. The van der Waals surface area contributed by atoms with Crippen LogP contribution in [0.3, 0.4) is 0 Å². The first-order valence-electron chi connectivity index (χ1n) is 6.08. The largest absolute Gasteiger partial charge is 0.331 e. The van der Waals surface area contributed by atoms with E-state index in [9.17, 15) is 14.4 Å². The summed E-state index contributed by atoms with van der Waals surface area (Å²) in [6.45, 7) is 11.9. The summed E-state index contributed by atoms with van der Waals surface area (Å²) in [7, 11) is -4.07. The molecule has 0 spiro atoms. The lowest BCUT2D eigenvalue weighted by Crippen LogP contribution is -2.38. The van der Waals surface area contributed by atoms with E-state index in [4.69, 9.17) is 0 Å². The van der Waals surface area contributed by atoms with Gasteiger partial charge in [0.05, 0.1) is 5.16 Å². The Bertz CT molecular complexity index is 243. The highest BCUT2D eigenvalue weighted by Gasteiger charge is 2.49. The molecule has 4 heteroatoms. The molecule has 0 aliphatic carbocycles. The van der Waals surface area contributed by atoms with Crippen LogP contribution in [0.2, 0.25) is 0 Å². The second kappa shape index (κ2) is 5.66. The van der Waals surface area contributed by atoms with Crippen LogP contribution < -0.4 is 0 Å². The van der Waals surface area contributed by atoms with Crippen molar-refractivity contribution in [1.29, 1.82) is 0 Å². The van der Waals surface area contributed by atoms with Gasteiger partial charge in [-0.1, -0.05) is 41.5 Å². The topological polar surface area (TPSA) is 57.5 Å². The quantitative estimate of drug-likeness (QED) is 0.707. The normalized spacial score (nSPS) is 14.2. The number of rotatable bonds is 6. The van der Waals surface area contributed by atoms with E-state index in [0.717, 1.165) is 0 Å². The fourth-order valence-corrected chi connectivity index (χ4v) is 4.42. The first-order chi connectivity index (χ1) is 7.03. The summed E-state index contributed by atoms with van der Waals surface area (Å²) in [5, 5.41) is -0.852. The Labute approximate surface area is 99.8 Å². The highest BCUT2D eigenvalue weighted by atomic mass is 31.2. The third-order valence-electron chi connectivity index (χ3n) is 3.18. The minimum atomic E-state index is -4.07. The van der Waals surface area contributed by atoms with Crippen LogP contribution in [0.15, 0.2) is 0 Å². The maximum Gasteiger partial charge on any atom is 0.331 e. The standard InChI is InChI=1S/C12H27O3P/c1-9(2)7-12(11(5)6,8-10(3)4)16(13,14)15/h9-11H,7-8H2,1-6H3,(H2,13,14,15). The van der Waals surface area contributed by atoms with E-state index in [1.165, 1.54) is 0 Å². The molecule has 98 valence electrons. The van der Waals surface area contributed by atoms with Gasteiger partial charge in [-0.15, -0.1) is 0 Å². The van der Waals surface area contributed by atoms with Crippen molar-refractivity contribution in [1.82, 2.24) is 0 Å². The molecule has 0 atom stereocenters. The Kier molecular flexibility index (Phi) is 5.71. The average Bonchev–Trinajstić information content (AvgIpc) is 1.97. The van der Waals surface area contributed by atoms with Crippen molar-refractivity contribution in [3.8, 4) is 0 Å². The summed E-state index contributed by atoms with van der Waals surface area (Å²) in [5.74, 6) is 0.598. The molecule has 0 saturated carbocycles. The minimum absolute atomic E-state index is 0.00173. The smallest absolute Gasteiger partial charge is 0.324 e. The molecule has 16 heavy (non-hydrogen) atoms. The molecule has 0 heterocycles. The summed E-state index contributed by atoms with van der Waals surface area (Å²) in [4.78, 5) is 19.4. The summed E-state index contributed by atoms with van der Waals surface area (Å²) in [6, 6.07) is 0. The van der Waals surface area contributed by atoms with E-state index in [1.54, 1.807) is 0 Å². The van der Waals surface area contributed by atoms with E-state index < -0.39 is 12.8 Å². The fraction of sp³-hybridized carbons (Fsp3) is 1.00. The van der Waals surface area contributed by atoms with Crippen LogP contribution in [0, 0.1) is 17.8 Å². The van der Waals surface area contributed by atoms with Gasteiger partial charge in [0.25, 0.3) is 0 Å². The van der Waals surface area contributed by atoms with Crippen LogP contribution in [0.25, 0.3) is 0 Å². The maximum absolute atomic E-state index is 11.9. The van der Waals surface area contributed by atoms with Crippen LogP contribution in [-0.4, -0.2) is 14.9 Å². The molecular formula is C12H27O3P. The van der Waals surface area contributed by atoms with Gasteiger partial charge >= 0.3 is 7.60 Å². The van der Waals surface area contributed by atoms with Crippen LogP contribution in [0.4, 0.5) is 0 Å². The zero-order chi connectivity index (χ0) is 13.1. The summed E-state index contributed by atoms with van der Waals surface area (Å²) < 4.78 is 11.9. The molecule has 0 aliphatic rings. The van der Waals surface area contributed by atoms with Crippen molar-refractivity contribution >= 4 is 7.60 Å². The van der Waals surface area contributed by atoms with Crippen molar-refractivity contribution in [2.24, 2.45) is 17.8 Å². The predicted molar refractivity (Wildman–Crippen MR) is 68.5 cm³/mol. The lowest BCUT2D eigenvalue weighted by molar-refractivity contribution is 0.227. The third-order valence-corrected chi connectivity index (χ3v) is 5.22. The third kappa shape index (κ3) is 3.87. The van der Waals surface area contributed by atoms with Crippen LogP contribution in [0.1, 0.15) is 54.4 Å². The number of hydrogen-bond donors (Lipinski definition) is 2. The highest BCUT2D eigenvalue weighted by molar-refractivity contribution is 7.53. The monoisotopic (exact) mass is 250 g/mol. The molecular weight excluding hydrogens is 223 g/mol. The van der Waals surface area contributed by atoms with Crippen molar-refractivity contribution in [3.63, 3.8) is 0 Å². The molecule has 0 amide bonds. The van der Waals surface area contributed by atoms with E-state index in [-0.39, 0.29) is 5.92 Å². The van der Waals surface area contributed by atoms with Gasteiger partial charge < -0.3 is 9.79 Å². The Hall–Kier alpha value is 0.150. The van der Waals surface area contributed by atoms with Gasteiger partial charge in [0.2, 0.25) is 0 Å². The fourth-order valence-electron chi connectivity index (χ4n) is 2.54. The van der Waals surface area contributed by atoms with Crippen LogP contribution in [0.5, 0.6) is 0 Å². The molecule has 0 unspecified atom stereocenters. The Morgan fingerprint density at radius 3 is 1.38 bits per heavy atom. The molecule has 0 aromatic rings. The molecule has 0 rings (SSSR count). The SMILES string of the molecule is CC(C)CC(CC(C)C)(C(C)C)P(=O)(O)O. The zero-order valence-electron chi connectivity index (χ0n) is 11.4. The van der Waals surface area contributed by atoms with Crippen molar-refractivity contribution in [3.05, 3.63) is 0 Å². The predicted octanol–water partition coefficient (Wildman–Crippen LogP) is 3.65. The lowest BCUT2D eigenvalue weighted by Gasteiger charge is -2.40. The van der Waals surface area contributed by atoms with Gasteiger partial charge in [0.1, 0.15) is 0 Å². The van der Waals surface area contributed by atoms with Crippen LogP contribution in [-0.2, 0) is 4.57 Å². The second-order valence-electron chi connectivity index (χ2n) is 6.00. The molecule has 0 aromatic carbocycles. The molecule has 0 bridgehead atoms. The first-order valence-corrected chi connectivity index (χ1v) is 7.69. The molecule has 0 saturated heterocycles. The zero-order valence-corrected chi connectivity index (χ0v) is 12.3. The summed E-state index contributed by atoms with van der Waals surface area (Å²) in [6.07, 6.45) is 1.18. The van der Waals surface area contributed by atoms with E-state index >= 15 is 0 Å². The van der Waals surface area contributed by atoms with Crippen molar-refractivity contribution < 1.29 is 14.4 Å². The first kappa shape index (κ1) is 16.1. The van der Waals surface area contributed by atoms with Gasteiger partial charge in [-0.05, 0) is 30.6 Å². The van der Waals surface area contributed by atoms with Gasteiger partial charge in [-0.2, -0.15) is 0 Å². The Morgan fingerprint density at radius 2 is 1.25 bits per heavy atom. The van der Waals surface area contributed by atoms with Gasteiger partial charge in [-0.25, -0.2) is 0 Å². The molecule has 3 nitrogen and oxygen atoms in total. The Balaban J connectivity index is 5.32. The van der Waals surface area contributed by atoms with Gasteiger partial charge in [0.15, 0.2) is 0 Å². The molecule has 0 aliphatic heterocycles. The number of hydrogen-bond acceptors (Lipinski definition) is 1. The van der Waals surface area contributed by atoms with E-state index in [2.05, 4.69) is 0 Å². The van der Waals surface area contributed by atoms with E-state index in [1.807, 2.05) is 41.5 Å². The van der Waals surface area contributed by atoms with Crippen molar-refractivity contribution in [2.75, 3.05) is 0 Å². The molecule has 0 fully saturated rings. The molecule has 0 aromatic heterocycles. The summed E-state index contributed by atoms with van der Waals surface area (Å²) >= 11 is 0. The van der Waals surface area contributed by atoms with Gasteiger partial charge in [-0.3, -0.25) is 4.57 Å². The summed E-state index contributed by atoms with van der Waals surface area (Å²) in [5.41, 5.74) is 0. The minimum Gasteiger partial charge on any atom is -0.324 e. The maximum atomic E-state index is 11.9. The molecule has 0 radical (unpaired) electrons. The molecule has 2 N–H and O–H groups in total. The second-order valence-corrected chi connectivity index (χ2v) is 7.98. The van der Waals surface area contributed by atoms with E-state index in [0.29, 0.717) is 24.7 Å². The Morgan fingerprint density at radius 1 is 0.938 bits per heavy atom. The highest BCUT2D eigenvalue weighted by Crippen LogP contribution is 2.60. The van der Waals surface area contributed by atoms with Gasteiger partial charge in [0, 0.05) is 0 Å².